The summed E-state index contributed by atoms with van der Waals surface area (Å²) in [7, 11) is -1.91. The maximum atomic E-state index is 12.8. The molecule has 2 aromatic rings. The molecule has 7 nitrogen and oxygen atoms in total. The van der Waals surface area contributed by atoms with Crippen LogP contribution in [0.25, 0.3) is 0 Å². The maximum Gasteiger partial charge on any atom is 0.252 e. The number of hydrogen-bond acceptors (Lipinski definition) is 5. The number of carbonyl (C=O) groups is 2. The highest BCUT2D eigenvalue weighted by atomic mass is 32.2. The lowest BCUT2D eigenvalue weighted by Gasteiger charge is -2.32. The van der Waals surface area contributed by atoms with E-state index in [-0.39, 0.29) is 34.6 Å². The van der Waals surface area contributed by atoms with Crippen LogP contribution in [0.1, 0.15) is 35.7 Å². The highest BCUT2D eigenvalue weighted by Gasteiger charge is 2.26. The van der Waals surface area contributed by atoms with Gasteiger partial charge >= 0.3 is 0 Å². The molecule has 0 atom stereocenters. The van der Waals surface area contributed by atoms with Crippen LogP contribution in [-0.4, -0.2) is 57.1 Å². The van der Waals surface area contributed by atoms with E-state index in [2.05, 4.69) is 5.32 Å². The summed E-state index contributed by atoms with van der Waals surface area (Å²) in [5.74, 6) is 0.253. The third kappa shape index (κ3) is 5.44. The zero-order valence-electron chi connectivity index (χ0n) is 17.8. The Morgan fingerprint density at radius 3 is 2.39 bits per heavy atom. The lowest BCUT2D eigenvalue weighted by atomic mass is 10.0. The number of para-hydroxylation sites is 1. The quantitative estimate of drug-likeness (QED) is 0.708. The molecule has 1 N–H and O–H groups in total. The molecule has 0 aliphatic carbocycles. The van der Waals surface area contributed by atoms with Gasteiger partial charge in [0.15, 0.2) is 9.84 Å². The topological polar surface area (TPSA) is 92.8 Å². The summed E-state index contributed by atoms with van der Waals surface area (Å²) >= 11 is 0. The second-order valence-electron chi connectivity index (χ2n) is 7.52. The van der Waals surface area contributed by atoms with E-state index in [4.69, 9.17) is 4.74 Å². The molecule has 2 aromatic carbocycles. The van der Waals surface area contributed by atoms with Crippen molar-refractivity contribution >= 4 is 21.7 Å². The van der Waals surface area contributed by atoms with E-state index in [9.17, 15) is 18.0 Å². The van der Waals surface area contributed by atoms with Crippen LogP contribution < -0.4 is 10.1 Å². The molecule has 0 aromatic heterocycles. The molecule has 31 heavy (non-hydrogen) atoms. The van der Waals surface area contributed by atoms with Crippen LogP contribution in [0.2, 0.25) is 0 Å². The van der Waals surface area contributed by atoms with E-state index in [1.807, 2.05) is 24.3 Å². The number of likely N-dealkylation sites (tertiary alicyclic amines) is 1. The number of methoxy groups -OCH3 is 1. The number of sulfone groups is 1. The number of nitrogens with one attached hydrogen (secondary N) is 1. The predicted octanol–water partition coefficient (Wildman–Crippen LogP) is 2.45. The summed E-state index contributed by atoms with van der Waals surface area (Å²) in [6.07, 6.45) is 1.50. The third-order valence-corrected chi connectivity index (χ3v) is 7.35. The Hall–Kier alpha value is -2.87. The Morgan fingerprint density at radius 1 is 1.06 bits per heavy atom. The molecule has 1 saturated heterocycles. The summed E-state index contributed by atoms with van der Waals surface area (Å²) < 4.78 is 29.9. The van der Waals surface area contributed by atoms with E-state index in [1.54, 1.807) is 31.1 Å². The van der Waals surface area contributed by atoms with Gasteiger partial charge in [-0.1, -0.05) is 37.3 Å². The van der Waals surface area contributed by atoms with Crippen molar-refractivity contribution in [3.63, 3.8) is 0 Å². The average Bonchev–Trinajstić information content (AvgIpc) is 2.79. The van der Waals surface area contributed by atoms with Crippen molar-refractivity contribution in [2.24, 2.45) is 0 Å². The van der Waals surface area contributed by atoms with E-state index >= 15 is 0 Å². The number of benzene rings is 2. The molecule has 166 valence electrons. The Labute approximate surface area is 183 Å². The molecule has 1 fully saturated rings. The molecule has 0 radical (unpaired) electrons. The van der Waals surface area contributed by atoms with Crippen LogP contribution >= 0.6 is 0 Å². The SMILES string of the molecule is CCS(=O)(=O)c1ccccc1C(=O)NC1CCN(C(=O)Cc2ccccc2OC)CC1. The van der Waals surface area contributed by atoms with Gasteiger partial charge < -0.3 is 15.0 Å². The van der Waals surface area contributed by atoms with Crippen molar-refractivity contribution in [2.75, 3.05) is 26.0 Å². The van der Waals surface area contributed by atoms with Crippen molar-refractivity contribution in [1.29, 1.82) is 0 Å². The first-order chi connectivity index (χ1) is 14.9. The number of rotatable bonds is 7. The van der Waals surface area contributed by atoms with Gasteiger partial charge in [0.25, 0.3) is 5.91 Å². The first kappa shape index (κ1) is 22.8. The fourth-order valence-electron chi connectivity index (χ4n) is 3.74. The van der Waals surface area contributed by atoms with Gasteiger partial charge in [0.2, 0.25) is 5.91 Å². The fourth-order valence-corrected chi connectivity index (χ4v) is 4.83. The summed E-state index contributed by atoms with van der Waals surface area (Å²) in [5, 5.41) is 2.94. The molecule has 2 amide bonds. The molecule has 0 saturated carbocycles. The van der Waals surface area contributed by atoms with Crippen molar-refractivity contribution in [1.82, 2.24) is 10.2 Å². The summed E-state index contributed by atoms with van der Waals surface area (Å²) in [6, 6.07) is 13.6. The number of carbonyl (C=O) groups excluding carboxylic acids is 2. The lowest BCUT2D eigenvalue weighted by Crippen LogP contribution is -2.47. The number of hydrogen-bond donors (Lipinski definition) is 1. The number of amides is 2. The Balaban J connectivity index is 1.58. The number of piperidine rings is 1. The van der Waals surface area contributed by atoms with Crippen LogP contribution in [-0.2, 0) is 21.1 Å². The van der Waals surface area contributed by atoms with Crippen LogP contribution in [0.15, 0.2) is 53.4 Å². The van der Waals surface area contributed by atoms with E-state index in [0.29, 0.717) is 31.7 Å². The monoisotopic (exact) mass is 444 g/mol. The maximum absolute atomic E-state index is 12.8. The number of ether oxygens (including phenoxy) is 1. The van der Waals surface area contributed by atoms with Crippen LogP contribution in [0.3, 0.4) is 0 Å². The molecular weight excluding hydrogens is 416 g/mol. The highest BCUT2D eigenvalue weighted by molar-refractivity contribution is 7.91. The molecule has 1 aliphatic rings. The second kappa shape index (κ2) is 9.96. The van der Waals surface area contributed by atoms with E-state index in [0.717, 1.165) is 5.56 Å². The zero-order chi connectivity index (χ0) is 22.4. The Bertz CT molecular complexity index is 1040. The summed E-state index contributed by atoms with van der Waals surface area (Å²) in [5.41, 5.74) is 1.01. The largest absolute Gasteiger partial charge is 0.496 e. The van der Waals surface area contributed by atoms with Gasteiger partial charge in [0.1, 0.15) is 5.75 Å². The van der Waals surface area contributed by atoms with Gasteiger partial charge in [-0.05, 0) is 31.0 Å². The molecule has 1 heterocycles. The van der Waals surface area contributed by atoms with E-state index in [1.165, 1.54) is 12.1 Å². The second-order valence-corrected chi connectivity index (χ2v) is 9.76. The Kier molecular flexibility index (Phi) is 7.33. The first-order valence-electron chi connectivity index (χ1n) is 10.4. The molecule has 0 spiro atoms. The smallest absolute Gasteiger partial charge is 0.252 e. The molecule has 0 bridgehead atoms. The third-order valence-electron chi connectivity index (χ3n) is 5.56. The van der Waals surface area contributed by atoms with Crippen molar-refractivity contribution < 1.29 is 22.7 Å². The van der Waals surface area contributed by atoms with Gasteiger partial charge in [-0.15, -0.1) is 0 Å². The van der Waals surface area contributed by atoms with Crippen LogP contribution in [0.5, 0.6) is 5.75 Å². The molecule has 3 rings (SSSR count). The molecular formula is C23H28N2O5S. The van der Waals surface area contributed by atoms with Gasteiger partial charge in [0, 0.05) is 24.7 Å². The highest BCUT2D eigenvalue weighted by Crippen LogP contribution is 2.21. The number of nitrogens with zero attached hydrogens (tertiary/aromatic N) is 1. The molecule has 0 unspecified atom stereocenters. The van der Waals surface area contributed by atoms with Crippen molar-refractivity contribution in [3.05, 3.63) is 59.7 Å². The minimum atomic E-state index is -3.49. The van der Waals surface area contributed by atoms with Gasteiger partial charge in [-0.25, -0.2) is 8.42 Å². The van der Waals surface area contributed by atoms with Gasteiger partial charge in [-0.3, -0.25) is 9.59 Å². The first-order valence-corrected chi connectivity index (χ1v) is 12.0. The summed E-state index contributed by atoms with van der Waals surface area (Å²) in [4.78, 5) is 27.3. The minimum Gasteiger partial charge on any atom is -0.496 e. The van der Waals surface area contributed by atoms with Crippen LogP contribution in [0, 0.1) is 0 Å². The standard InChI is InChI=1S/C23H28N2O5S/c1-3-31(28,29)21-11-7-5-9-19(21)23(27)24-18-12-14-25(15-13-18)22(26)16-17-8-4-6-10-20(17)30-2/h4-11,18H,3,12-16H2,1-2H3,(H,24,27). The van der Waals surface area contributed by atoms with Crippen LogP contribution in [0.4, 0.5) is 0 Å². The van der Waals surface area contributed by atoms with Crippen molar-refractivity contribution in [3.8, 4) is 5.75 Å². The molecule has 1 aliphatic heterocycles. The molecule has 8 heteroatoms. The fraction of sp³-hybridized carbons (Fsp3) is 0.391. The predicted molar refractivity (Wildman–Crippen MR) is 118 cm³/mol. The lowest BCUT2D eigenvalue weighted by molar-refractivity contribution is -0.131. The average molecular weight is 445 g/mol. The minimum absolute atomic E-state index is 0.0219. The normalized spacial score (nSPS) is 14.8. The van der Waals surface area contributed by atoms with E-state index < -0.39 is 15.7 Å². The summed E-state index contributed by atoms with van der Waals surface area (Å²) in [6.45, 7) is 2.63. The van der Waals surface area contributed by atoms with Crippen molar-refractivity contribution in [2.45, 2.75) is 37.1 Å². The zero-order valence-corrected chi connectivity index (χ0v) is 18.7. The Morgan fingerprint density at radius 2 is 1.71 bits per heavy atom. The van der Waals surface area contributed by atoms with Gasteiger partial charge in [0.05, 0.1) is 29.7 Å². The van der Waals surface area contributed by atoms with Gasteiger partial charge in [-0.2, -0.15) is 0 Å².